The molecule has 0 aromatic heterocycles. The van der Waals surface area contributed by atoms with Gasteiger partial charge in [0, 0.05) is 5.71 Å². The highest BCUT2D eigenvalue weighted by molar-refractivity contribution is 5.97. The van der Waals surface area contributed by atoms with Gasteiger partial charge in [-0.25, -0.2) is 0 Å². The molecular weight excluding hydrogens is 138 g/mol. The summed E-state index contributed by atoms with van der Waals surface area (Å²) in [6, 6.07) is 5.65. The zero-order valence-corrected chi connectivity index (χ0v) is 6.13. The molecule has 0 amide bonds. The van der Waals surface area contributed by atoms with Gasteiger partial charge in [0.2, 0.25) is 0 Å². The van der Waals surface area contributed by atoms with Gasteiger partial charge in [0.05, 0.1) is 0 Å². The first-order chi connectivity index (χ1) is 5.27. The molecule has 1 aromatic rings. The van der Waals surface area contributed by atoms with Crippen LogP contribution in [-0.4, -0.2) is 5.71 Å². The maximum absolute atomic E-state index is 7.35. The van der Waals surface area contributed by atoms with Gasteiger partial charge in [0.1, 0.15) is 11.4 Å². The lowest BCUT2D eigenvalue weighted by Gasteiger charge is -2.07. The molecule has 11 heavy (non-hydrogen) atoms. The lowest BCUT2D eigenvalue weighted by Crippen LogP contribution is -1.91. The summed E-state index contributed by atoms with van der Waals surface area (Å²) >= 11 is 0. The maximum atomic E-state index is 7.35. The summed E-state index contributed by atoms with van der Waals surface area (Å²) in [5.74, 6) is 0. The monoisotopic (exact) mass is 145 g/mol. The molecule has 3 nitrogen and oxygen atoms in total. The summed E-state index contributed by atoms with van der Waals surface area (Å²) in [6.45, 7) is 1.76. The Morgan fingerprint density at radius 3 is 2.45 bits per heavy atom. The standard InChI is InChI=1S/C8H7N3/c1-5(9)6-2-3-7-8(4-6)11-10-7/h2-4,9H,1H3. The van der Waals surface area contributed by atoms with E-state index < -0.39 is 0 Å². The summed E-state index contributed by atoms with van der Waals surface area (Å²) in [6.07, 6.45) is 0. The molecule has 0 saturated carbocycles. The first kappa shape index (κ1) is 6.22. The van der Waals surface area contributed by atoms with Crippen LogP contribution in [0, 0.1) is 5.41 Å². The second-order valence-corrected chi connectivity index (χ2v) is 2.53. The van der Waals surface area contributed by atoms with Crippen LogP contribution in [0.1, 0.15) is 12.5 Å². The van der Waals surface area contributed by atoms with Crippen LogP contribution in [0.5, 0.6) is 0 Å². The molecule has 0 bridgehead atoms. The molecule has 0 atom stereocenters. The molecule has 0 aliphatic carbocycles. The highest BCUT2D eigenvalue weighted by Gasteiger charge is 2.09. The van der Waals surface area contributed by atoms with E-state index in [-0.39, 0.29) is 0 Å². The van der Waals surface area contributed by atoms with E-state index in [4.69, 9.17) is 5.41 Å². The fourth-order valence-corrected chi connectivity index (χ4v) is 0.984. The molecule has 0 spiro atoms. The molecule has 2 rings (SSSR count). The molecule has 3 heteroatoms. The molecule has 0 unspecified atom stereocenters. The minimum Gasteiger partial charge on any atom is -0.305 e. The molecule has 1 aliphatic heterocycles. The third-order valence-electron chi connectivity index (χ3n) is 1.67. The zero-order valence-electron chi connectivity index (χ0n) is 6.13. The minimum absolute atomic E-state index is 0.565. The van der Waals surface area contributed by atoms with Crippen LogP contribution in [-0.2, 0) is 0 Å². The number of nitrogens with one attached hydrogen (secondary N) is 1. The van der Waals surface area contributed by atoms with Gasteiger partial charge in [0.25, 0.3) is 0 Å². The molecular formula is C8H7N3. The van der Waals surface area contributed by atoms with Crippen molar-refractivity contribution in [1.29, 1.82) is 5.41 Å². The Labute approximate surface area is 64.3 Å². The summed E-state index contributed by atoms with van der Waals surface area (Å²) in [5, 5.41) is 14.9. The van der Waals surface area contributed by atoms with E-state index in [0.717, 1.165) is 16.9 Å². The SMILES string of the molecule is CC(=N)c1ccc2c(c1)N=N2. The minimum atomic E-state index is 0.565. The van der Waals surface area contributed by atoms with E-state index in [1.807, 2.05) is 18.2 Å². The van der Waals surface area contributed by atoms with Gasteiger partial charge in [-0.2, -0.15) is 0 Å². The quantitative estimate of drug-likeness (QED) is 0.600. The molecule has 0 saturated heterocycles. The molecule has 1 heterocycles. The topological polar surface area (TPSA) is 48.6 Å². The van der Waals surface area contributed by atoms with Crippen molar-refractivity contribution in [2.45, 2.75) is 6.92 Å². The highest BCUT2D eigenvalue weighted by Crippen LogP contribution is 2.37. The average Bonchev–Trinajstić information content (AvgIpc) is 1.91. The second kappa shape index (κ2) is 1.99. The normalized spacial score (nSPS) is 12.1. The zero-order chi connectivity index (χ0) is 7.84. The lowest BCUT2D eigenvalue weighted by molar-refractivity contribution is 1.14. The highest BCUT2D eigenvalue weighted by atomic mass is 15.2. The van der Waals surface area contributed by atoms with Gasteiger partial charge in [0.15, 0.2) is 0 Å². The van der Waals surface area contributed by atoms with Gasteiger partial charge >= 0.3 is 0 Å². The van der Waals surface area contributed by atoms with Crippen molar-refractivity contribution in [3.63, 3.8) is 0 Å². The van der Waals surface area contributed by atoms with Crippen molar-refractivity contribution >= 4 is 17.1 Å². The van der Waals surface area contributed by atoms with E-state index in [9.17, 15) is 0 Å². The van der Waals surface area contributed by atoms with Crippen molar-refractivity contribution in [2.75, 3.05) is 0 Å². The predicted molar refractivity (Wildman–Crippen MR) is 43.1 cm³/mol. The van der Waals surface area contributed by atoms with E-state index in [0.29, 0.717) is 5.71 Å². The van der Waals surface area contributed by atoms with E-state index in [1.165, 1.54) is 0 Å². The Bertz CT molecular complexity index is 352. The average molecular weight is 145 g/mol. The van der Waals surface area contributed by atoms with Crippen molar-refractivity contribution in [1.82, 2.24) is 0 Å². The number of hydrogen-bond acceptors (Lipinski definition) is 3. The fourth-order valence-electron chi connectivity index (χ4n) is 0.984. The molecule has 54 valence electrons. The Balaban J connectivity index is 2.50. The second-order valence-electron chi connectivity index (χ2n) is 2.53. The third kappa shape index (κ3) is 0.852. The van der Waals surface area contributed by atoms with Gasteiger partial charge in [-0.3, -0.25) is 0 Å². The van der Waals surface area contributed by atoms with Crippen LogP contribution in [0.4, 0.5) is 11.4 Å². The van der Waals surface area contributed by atoms with Crippen LogP contribution < -0.4 is 0 Å². The number of benzene rings is 1. The number of hydrogen-bond donors (Lipinski definition) is 1. The Hall–Kier alpha value is -1.51. The number of azo groups is 1. The molecule has 1 aromatic carbocycles. The van der Waals surface area contributed by atoms with Crippen molar-refractivity contribution < 1.29 is 0 Å². The number of rotatable bonds is 1. The fraction of sp³-hybridized carbons (Fsp3) is 0.125. The summed E-state index contributed by atoms with van der Waals surface area (Å²) in [7, 11) is 0. The Kier molecular flexibility index (Phi) is 1.12. The van der Waals surface area contributed by atoms with Crippen molar-refractivity contribution in [2.24, 2.45) is 10.2 Å². The van der Waals surface area contributed by atoms with E-state index in [1.54, 1.807) is 6.92 Å². The lowest BCUT2D eigenvalue weighted by atomic mass is 10.1. The van der Waals surface area contributed by atoms with Gasteiger partial charge in [-0.15, -0.1) is 10.2 Å². The van der Waals surface area contributed by atoms with Crippen LogP contribution >= 0.6 is 0 Å². The molecule has 1 aliphatic rings. The predicted octanol–water partition coefficient (Wildman–Crippen LogP) is 2.80. The van der Waals surface area contributed by atoms with Crippen LogP contribution in [0.15, 0.2) is 28.4 Å². The van der Waals surface area contributed by atoms with Gasteiger partial charge < -0.3 is 5.41 Å². The van der Waals surface area contributed by atoms with Crippen LogP contribution in [0.25, 0.3) is 0 Å². The largest absolute Gasteiger partial charge is 0.305 e. The molecule has 0 radical (unpaired) electrons. The van der Waals surface area contributed by atoms with E-state index >= 15 is 0 Å². The van der Waals surface area contributed by atoms with Gasteiger partial charge in [-0.1, -0.05) is 6.07 Å². The first-order valence-electron chi connectivity index (χ1n) is 3.39. The van der Waals surface area contributed by atoms with Crippen molar-refractivity contribution in [3.8, 4) is 0 Å². The summed E-state index contributed by atoms with van der Waals surface area (Å²) in [4.78, 5) is 0. The third-order valence-corrected chi connectivity index (χ3v) is 1.67. The van der Waals surface area contributed by atoms with Crippen molar-refractivity contribution in [3.05, 3.63) is 23.8 Å². The smallest absolute Gasteiger partial charge is 0.114 e. The molecule has 0 fully saturated rings. The Morgan fingerprint density at radius 2 is 2.00 bits per heavy atom. The molecule has 1 N–H and O–H groups in total. The Morgan fingerprint density at radius 1 is 1.27 bits per heavy atom. The van der Waals surface area contributed by atoms with Crippen LogP contribution in [0.2, 0.25) is 0 Å². The number of nitrogens with zero attached hydrogens (tertiary/aromatic N) is 2. The summed E-state index contributed by atoms with van der Waals surface area (Å²) < 4.78 is 0. The first-order valence-corrected chi connectivity index (χ1v) is 3.39. The summed E-state index contributed by atoms with van der Waals surface area (Å²) in [5.41, 5.74) is 3.31. The van der Waals surface area contributed by atoms with Crippen LogP contribution in [0.3, 0.4) is 0 Å². The maximum Gasteiger partial charge on any atom is 0.114 e. The van der Waals surface area contributed by atoms with Gasteiger partial charge in [-0.05, 0) is 24.6 Å². The number of fused-ring (bicyclic) bond motifs is 1. The van der Waals surface area contributed by atoms with E-state index in [2.05, 4.69) is 10.2 Å².